The van der Waals surface area contributed by atoms with Crippen LogP contribution in [-0.2, 0) is 7.05 Å². The number of rotatable bonds is 3. The van der Waals surface area contributed by atoms with Crippen molar-refractivity contribution in [3.05, 3.63) is 44.6 Å². The molecule has 5 heteroatoms. The Morgan fingerprint density at radius 3 is 2.58 bits per heavy atom. The summed E-state index contributed by atoms with van der Waals surface area (Å²) in [5.41, 5.74) is 4.38. The second kappa shape index (κ2) is 5.55. The van der Waals surface area contributed by atoms with Crippen molar-refractivity contribution in [2.75, 3.05) is 5.32 Å². The van der Waals surface area contributed by atoms with Crippen LogP contribution < -0.4 is 5.32 Å². The van der Waals surface area contributed by atoms with E-state index in [4.69, 9.17) is 11.6 Å². The Hall–Kier alpha value is -1.000. The largest absolute Gasteiger partial charge is 0.377 e. The predicted molar refractivity (Wildman–Crippen MR) is 83.9 cm³/mol. The van der Waals surface area contributed by atoms with Crippen LogP contribution in [-0.4, -0.2) is 9.78 Å². The molecule has 0 bridgehead atoms. The normalized spacial score (nSPS) is 12.5. The summed E-state index contributed by atoms with van der Waals surface area (Å²) in [6.45, 7) is 6.23. The molecule has 19 heavy (non-hydrogen) atoms. The van der Waals surface area contributed by atoms with Gasteiger partial charge in [0.25, 0.3) is 0 Å². The minimum Gasteiger partial charge on any atom is -0.377 e. The third-order valence-electron chi connectivity index (χ3n) is 3.30. The summed E-state index contributed by atoms with van der Waals surface area (Å²) in [7, 11) is 1.96. The SMILES string of the molecule is Cc1nn(C)c(C)c1C(C)Nc1ccc(Br)cc1Cl. The summed E-state index contributed by atoms with van der Waals surface area (Å²) in [6.07, 6.45) is 0. The number of halogens is 2. The van der Waals surface area contributed by atoms with Crippen molar-refractivity contribution < 1.29 is 0 Å². The molecule has 0 aliphatic rings. The van der Waals surface area contributed by atoms with Gasteiger partial charge in [0.1, 0.15) is 0 Å². The van der Waals surface area contributed by atoms with Crippen LogP contribution in [0.3, 0.4) is 0 Å². The van der Waals surface area contributed by atoms with Crippen LogP contribution in [0.15, 0.2) is 22.7 Å². The van der Waals surface area contributed by atoms with Gasteiger partial charge in [0.05, 0.1) is 22.4 Å². The summed E-state index contributed by atoms with van der Waals surface area (Å²) in [6, 6.07) is 6.00. The summed E-state index contributed by atoms with van der Waals surface area (Å²) in [5, 5.41) is 8.60. The zero-order valence-electron chi connectivity index (χ0n) is 11.5. The van der Waals surface area contributed by atoms with E-state index >= 15 is 0 Å². The minimum absolute atomic E-state index is 0.160. The Bertz CT molecular complexity index is 607. The van der Waals surface area contributed by atoms with Gasteiger partial charge in [0, 0.05) is 22.8 Å². The molecule has 0 aliphatic carbocycles. The molecule has 0 saturated heterocycles. The van der Waals surface area contributed by atoms with Gasteiger partial charge in [-0.1, -0.05) is 27.5 Å². The first kappa shape index (κ1) is 14.4. The van der Waals surface area contributed by atoms with Gasteiger partial charge in [-0.3, -0.25) is 4.68 Å². The second-order valence-corrected chi connectivity index (χ2v) is 6.02. The highest BCUT2D eigenvalue weighted by molar-refractivity contribution is 9.10. The first-order valence-corrected chi connectivity index (χ1v) is 7.29. The maximum atomic E-state index is 6.23. The molecule has 1 aromatic heterocycles. The highest BCUT2D eigenvalue weighted by Gasteiger charge is 2.16. The van der Waals surface area contributed by atoms with Crippen LogP contribution in [0, 0.1) is 13.8 Å². The fourth-order valence-corrected chi connectivity index (χ4v) is 3.06. The molecule has 1 aromatic carbocycles. The standard InChI is InChI=1S/C14H17BrClN3/c1-8(14-9(2)18-19(4)10(14)3)17-13-6-5-11(15)7-12(13)16/h5-8,17H,1-4H3. The molecule has 102 valence electrons. The first-order chi connectivity index (χ1) is 8.90. The van der Waals surface area contributed by atoms with Gasteiger partial charge >= 0.3 is 0 Å². The molecule has 2 aromatic rings. The maximum absolute atomic E-state index is 6.23. The van der Waals surface area contributed by atoms with E-state index in [1.54, 1.807) is 0 Å². The highest BCUT2D eigenvalue weighted by Crippen LogP contribution is 2.30. The summed E-state index contributed by atoms with van der Waals surface area (Å²) >= 11 is 9.64. The molecule has 1 N–H and O–H groups in total. The molecular formula is C14H17BrClN3. The molecule has 0 saturated carbocycles. The van der Waals surface area contributed by atoms with E-state index in [-0.39, 0.29) is 6.04 Å². The van der Waals surface area contributed by atoms with Gasteiger partial charge in [-0.25, -0.2) is 0 Å². The predicted octanol–water partition coefficient (Wildman–Crippen LogP) is 4.63. The van der Waals surface area contributed by atoms with Gasteiger partial charge in [-0.15, -0.1) is 0 Å². The third-order valence-corrected chi connectivity index (χ3v) is 4.11. The molecular weight excluding hydrogens is 326 g/mol. The number of hydrogen-bond acceptors (Lipinski definition) is 2. The Labute approximate surface area is 127 Å². The zero-order chi connectivity index (χ0) is 14.2. The summed E-state index contributed by atoms with van der Waals surface area (Å²) < 4.78 is 2.89. The Balaban J connectivity index is 2.28. The van der Waals surface area contributed by atoms with Crippen molar-refractivity contribution >= 4 is 33.2 Å². The van der Waals surface area contributed by atoms with E-state index in [2.05, 4.69) is 40.2 Å². The van der Waals surface area contributed by atoms with Gasteiger partial charge in [0.15, 0.2) is 0 Å². The van der Waals surface area contributed by atoms with E-state index in [1.807, 2.05) is 36.9 Å². The van der Waals surface area contributed by atoms with Crippen molar-refractivity contribution in [3.63, 3.8) is 0 Å². The quantitative estimate of drug-likeness (QED) is 0.881. The fourth-order valence-electron chi connectivity index (χ4n) is 2.33. The Morgan fingerprint density at radius 2 is 2.05 bits per heavy atom. The lowest BCUT2D eigenvalue weighted by atomic mass is 10.1. The summed E-state index contributed by atoms with van der Waals surface area (Å²) in [4.78, 5) is 0. The van der Waals surface area contributed by atoms with Crippen LogP contribution in [0.1, 0.15) is 29.9 Å². The molecule has 1 heterocycles. The lowest BCUT2D eigenvalue weighted by Gasteiger charge is -2.17. The summed E-state index contributed by atoms with van der Waals surface area (Å²) in [5.74, 6) is 0. The van der Waals surface area contributed by atoms with E-state index in [1.165, 1.54) is 11.3 Å². The van der Waals surface area contributed by atoms with Crippen LogP contribution >= 0.6 is 27.5 Å². The number of aromatic nitrogens is 2. The van der Waals surface area contributed by atoms with Gasteiger partial charge in [0.2, 0.25) is 0 Å². The number of nitrogens with zero attached hydrogens (tertiary/aromatic N) is 2. The average molecular weight is 343 g/mol. The molecule has 0 fully saturated rings. The van der Waals surface area contributed by atoms with E-state index in [0.29, 0.717) is 5.02 Å². The topological polar surface area (TPSA) is 29.9 Å². The van der Waals surface area contributed by atoms with Crippen LogP contribution in [0.5, 0.6) is 0 Å². The maximum Gasteiger partial charge on any atom is 0.0649 e. The number of nitrogens with one attached hydrogen (secondary N) is 1. The lowest BCUT2D eigenvalue weighted by molar-refractivity contribution is 0.728. The molecule has 2 rings (SSSR count). The van der Waals surface area contributed by atoms with E-state index in [0.717, 1.165) is 15.9 Å². The van der Waals surface area contributed by atoms with Gasteiger partial charge in [-0.2, -0.15) is 5.10 Å². The highest BCUT2D eigenvalue weighted by atomic mass is 79.9. The van der Waals surface area contributed by atoms with Gasteiger partial charge < -0.3 is 5.32 Å². The molecule has 0 spiro atoms. The lowest BCUT2D eigenvalue weighted by Crippen LogP contribution is -2.09. The number of aryl methyl sites for hydroxylation is 2. The van der Waals surface area contributed by atoms with Crippen LogP contribution in [0.2, 0.25) is 5.02 Å². The smallest absolute Gasteiger partial charge is 0.0649 e. The molecule has 1 atom stereocenters. The fraction of sp³-hybridized carbons (Fsp3) is 0.357. The third kappa shape index (κ3) is 2.95. The number of anilines is 1. The van der Waals surface area contributed by atoms with Gasteiger partial charge in [-0.05, 0) is 39.0 Å². The molecule has 3 nitrogen and oxygen atoms in total. The molecule has 0 radical (unpaired) electrons. The number of benzene rings is 1. The molecule has 1 unspecified atom stereocenters. The molecule has 0 amide bonds. The van der Waals surface area contributed by atoms with Crippen molar-refractivity contribution in [2.24, 2.45) is 7.05 Å². The van der Waals surface area contributed by atoms with Crippen LogP contribution in [0.25, 0.3) is 0 Å². The van der Waals surface area contributed by atoms with E-state index in [9.17, 15) is 0 Å². The van der Waals surface area contributed by atoms with Crippen molar-refractivity contribution in [2.45, 2.75) is 26.8 Å². The average Bonchev–Trinajstić information content (AvgIpc) is 2.57. The number of hydrogen-bond donors (Lipinski definition) is 1. The van der Waals surface area contributed by atoms with Crippen molar-refractivity contribution in [3.8, 4) is 0 Å². The second-order valence-electron chi connectivity index (χ2n) is 4.70. The van der Waals surface area contributed by atoms with E-state index < -0.39 is 0 Å². The monoisotopic (exact) mass is 341 g/mol. The molecule has 0 aliphatic heterocycles. The zero-order valence-corrected chi connectivity index (χ0v) is 13.8. The van der Waals surface area contributed by atoms with Crippen LogP contribution in [0.4, 0.5) is 5.69 Å². The Kier molecular flexibility index (Phi) is 4.21. The minimum atomic E-state index is 0.160. The van der Waals surface area contributed by atoms with Crippen molar-refractivity contribution in [1.82, 2.24) is 9.78 Å². The Morgan fingerprint density at radius 1 is 1.37 bits per heavy atom. The van der Waals surface area contributed by atoms with Crippen molar-refractivity contribution in [1.29, 1.82) is 0 Å². The first-order valence-electron chi connectivity index (χ1n) is 6.12.